The lowest BCUT2D eigenvalue weighted by Gasteiger charge is -2.45. The van der Waals surface area contributed by atoms with E-state index in [4.69, 9.17) is 0 Å². The Labute approximate surface area is 219 Å². The van der Waals surface area contributed by atoms with Crippen LogP contribution in [0.15, 0.2) is 0 Å². The van der Waals surface area contributed by atoms with Gasteiger partial charge in [-0.2, -0.15) is 105 Å². The number of halogens is 29. The quantitative estimate of drug-likeness (QED) is 0.156. The van der Waals surface area contributed by atoms with E-state index in [0.717, 1.165) is 0 Å². The minimum absolute atomic E-state index is 6.28. The summed E-state index contributed by atoms with van der Waals surface area (Å²) in [5, 5.41) is 0. The molecule has 0 heterocycles. The fourth-order valence-electron chi connectivity index (χ4n) is 2.45. The topological polar surface area (TPSA) is 0 Å². The summed E-state index contributed by atoms with van der Waals surface area (Å²) in [4.78, 5) is 0. The summed E-state index contributed by atoms with van der Waals surface area (Å²) in [6.45, 7) is 0. The highest BCUT2D eigenvalue weighted by Crippen LogP contribution is 2.66. The Morgan fingerprint density at radius 1 is 0.205 bits per heavy atom. The minimum atomic E-state index is -9.65. The molecular weight excluding hydrogens is 731 g/mol. The summed E-state index contributed by atoms with van der Waals surface area (Å²) in [5.74, 6) is -108. The number of hydrogen-bond donors (Lipinski definition) is 0. The van der Waals surface area contributed by atoms with E-state index in [2.05, 4.69) is 0 Å². The highest BCUT2D eigenvalue weighted by Gasteiger charge is 2.97. The maximum atomic E-state index is 13.6. The molecule has 0 aliphatic rings. The third-order valence-corrected chi connectivity index (χ3v) is 5.23. The largest absolute Gasteiger partial charge is 0.385 e. The van der Waals surface area contributed by atoms with Crippen molar-refractivity contribution < 1.29 is 127 Å². The molecule has 1 unspecified atom stereocenters. The Bertz CT molecular complexity index is 1020. The van der Waals surface area contributed by atoms with Crippen LogP contribution in [0.1, 0.15) is 0 Å². The van der Waals surface area contributed by atoms with Crippen molar-refractivity contribution in [3.63, 3.8) is 0 Å². The third kappa shape index (κ3) is 4.84. The van der Waals surface area contributed by atoms with Crippen LogP contribution in [0.4, 0.5) is 127 Å². The van der Waals surface area contributed by atoms with E-state index in [9.17, 15) is 127 Å². The molecule has 0 fully saturated rings. The van der Waals surface area contributed by atoms with Crippen LogP contribution < -0.4 is 0 Å². The summed E-state index contributed by atoms with van der Waals surface area (Å²) in [7, 11) is 0. The fraction of sp³-hybridized carbons (Fsp3) is 1.00. The molecule has 0 bridgehead atoms. The van der Waals surface area contributed by atoms with Gasteiger partial charge in [-0.05, 0) is 0 Å². The van der Waals surface area contributed by atoms with Gasteiger partial charge in [0.1, 0.15) is 0 Å². The van der Waals surface area contributed by atoms with Crippen LogP contribution >= 0.6 is 0 Å². The van der Waals surface area contributed by atoms with Gasteiger partial charge in [-0.1, -0.05) is 0 Å². The van der Waals surface area contributed by atoms with Gasteiger partial charge in [-0.3, -0.25) is 0 Å². The number of alkyl halides is 29. The smallest absolute Gasteiger partial charge is 0.234 e. The first-order chi connectivity index (χ1) is 18.5. The van der Waals surface area contributed by atoms with Gasteiger partial charge in [0.2, 0.25) is 6.17 Å². The molecule has 0 aromatic rings. The van der Waals surface area contributed by atoms with Gasteiger partial charge in [0.15, 0.2) is 0 Å². The summed E-state index contributed by atoms with van der Waals surface area (Å²) < 4.78 is 379. The summed E-state index contributed by atoms with van der Waals surface area (Å²) in [6.07, 6.45) is -20.5. The maximum absolute atomic E-state index is 13.6. The number of rotatable bonds is 14. The molecule has 0 N–H and O–H groups in total. The molecular formula is C15H3F29. The van der Waals surface area contributed by atoms with Crippen LogP contribution in [0, 0.1) is 0 Å². The van der Waals surface area contributed by atoms with E-state index >= 15 is 0 Å². The molecule has 266 valence electrons. The third-order valence-electron chi connectivity index (χ3n) is 5.23. The van der Waals surface area contributed by atoms with Crippen LogP contribution in [0.25, 0.3) is 0 Å². The van der Waals surface area contributed by atoms with E-state index < -0.39 is 90.1 Å². The zero-order chi connectivity index (χ0) is 36.7. The van der Waals surface area contributed by atoms with Crippen molar-refractivity contribution in [2.75, 3.05) is 0 Å². The second-order valence-electron chi connectivity index (χ2n) is 8.05. The fourth-order valence-corrected chi connectivity index (χ4v) is 2.45. The van der Waals surface area contributed by atoms with Gasteiger partial charge in [0.05, 0.1) is 0 Å². The average Bonchev–Trinajstić information content (AvgIpc) is 2.81. The molecule has 0 spiro atoms. The molecule has 0 aromatic heterocycles. The predicted octanol–water partition coefficient (Wildman–Crippen LogP) is 9.48. The summed E-state index contributed by atoms with van der Waals surface area (Å²) >= 11 is 0. The normalized spacial score (nSPS) is 17.5. The Morgan fingerprint density at radius 2 is 0.341 bits per heavy atom. The zero-order valence-corrected chi connectivity index (χ0v) is 18.7. The van der Waals surface area contributed by atoms with E-state index in [-0.39, 0.29) is 0 Å². The van der Waals surface area contributed by atoms with Gasteiger partial charge in [-0.15, -0.1) is 0 Å². The molecule has 0 aliphatic heterocycles. The highest BCUT2D eigenvalue weighted by molar-refractivity contribution is 5.19. The van der Waals surface area contributed by atoms with E-state index in [0.29, 0.717) is 0 Å². The Kier molecular flexibility index (Phi) is 10.0. The van der Waals surface area contributed by atoms with Crippen LogP contribution in [-0.4, -0.2) is 90.1 Å². The predicted molar refractivity (Wildman–Crippen MR) is 76.3 cm³/mol. The molecule has 0 rings (SSSR count). The molecule has 0 radical (unpaired) electrons. The summed E-state index contributed by atoms with van der Waals surface area (Å²) in [6, 6.07) is 0. The molecule has 0 aliphatic carbocycles. The molecule has 0 nitrogen and oxygen atoms in total. The van der Waals surface area contributed by atoms with Gasteiger partial charge < -0.3 is 0 Å². The van der Waals surface area contributed by atoms with Crippen molar-refractivity contribution in [1.82, 2.24) is 0 Å². The highest BCUT2D eigenvalue weighted by atomic mass is 19.4. The molecule has 44 heavy (non-hydrogen) atoms. The van der Waals surface area contributed by atoms with E-state index in [1.807, 2.05) is 0 Å². The van der Waals surface area contributed by atoms with Gasteiger partial charge in [-0.25, -0.2) is 22.0 Å². The molecule has 29 heteroatoms. The monoisotopic (exact) mass is 734 g/mol. The zero-order valence-electron chi connectivity index (χ0n) is 18.7. The Hall–Kier alpha value is -2.03. The van der Waals surface area contributed by atoms with Crippen LogP contribution in [0.3, 0.4) is 0 Å². The second-order valence-corrected chi connectivity index (χ2v) is 8.05. The van der Waals surface area contributed by atoms with E-state index in [1.165, 1.54) is 0 Å². The van der Waals surface area contributed by atoms with Crippen LogP contribution in [0.5, 0.6) is 0 Å². The Balaban J connectivity index is 7.30. The van der Waals surface area contributed by atoms with Crippen molar-refractivity contribution in [1.29, 1.82) is 0 Å². The lowest BCUT2D eigenvalue weighted by atomic mass is 9.84. The second kappa shape index (κ2) is 10.5. The minimum Gasteiger partial charge on any atom is -0.234 e. The first-order valence-corrected chi connectivity index (χ1v) is 9.28. The van der Waals surface area contributed by atoms with Crippen molar-refractivity contribution in [2.45, 2.75) is 90.1 Å². The molecule has 0 aromatic carbocycles. The van der Waals surface area contributed by atoms with E-state index in [1.54, 1.807) is 0 Å². The van der Waals surface area contributed by atoms with Crippen molar-refractivity contribution in [3.05, 3.63) is 0 Å². The van der Waals surface area contributed by atoms with Crippen molar-refractivity contribution in [2.24, 2.45) is 0 Å². The van der Waals surface area contributed by atoms with Crippen LogP contribution in [0.2, 0.25) is 0 Å². The van der Waals surface area contributed by atoms with Gasteiger partial charge >= 0.3 is 83.9 Å². The van der Waals surface area contributed by atoms with Gasteiger partial charge in [0.25, 0.3) is 0 Å². The lowest BCUT2D eigenvalue weighted by molar-refractivity contribution is -0.464. The van der Waals surface area contributed by atoms with Crippen LogP contribution in [-0.2, 0) is 0 Å². The SMILES string of the molecule is FC(F)C(F)(F)C(F)(F)C(F)(F)C(F)(F)C(F)C(F)(F)C(F)(F)C(F)(F)C(F)(F)C(F)(F)C(F)(F)C(F)(F)C(F)(F)C(F)F. The lowest BCUT2D eigenvalue weighted by Crippen LogP contribution is -2.77. The number of hydrogen-bond acceptors (Lipinski definition) is 0. The average molecular weight is 734 g/mol. The first-order valence-electron chi connectivity index (χ1n) is 9.28. The standard InChI is InChI=1S/C15H3F29/c16-1(4(21,22)8(29,30)10(33,34)6(25,26)2(17)18)5(23,24)9(31,32)12(37,38)14(41,42)15(43,44)13(39,40)11(35,36)7(27,28)3(19)20/h1-3H. The van der Waals surface area contributed by atoms with Gasteiger partial charge in [0, 0.05) is 0 Å². The first kappa shape index (κ1) is 42.0. The molecule has 0 saturated carbocycles. The maximum Gasteiger partial charge on any atom is 0.385 e. The molecule has 1 atom stereocenters. The Morgan fingerprint density at radius 3 is 0.545 bits per heavy atom. The summed E-state index contributed by atoms with van der Waals surface area (Å²) in [5.41, 5.74) is 0. The van der Waals surface area contributed by atoms with Crippen molar-refractivity contribution in [3.8, 4) is 0 Å². The molecule has 0 amide bonds. The molecule has 0 saturated heterocycles. The van der Waals surface area contributed by atoms with Crippen molar-refractivity contribution >= 4 is 0 Å².